The lowest BCUT2D eigenvalue weighted by Crippen LogP contribution is -2.27. The Hall–Kier alpha value is -0.300. The van der Waals surface area contributed by atoms with Gasteiger partial charge in [0.2, 0.25) is 0 Å². The van der Waals surface area contributed by atoms with Crippen LogP contribution in [0.4, 0.5) is 0 Å². The van der Waals surface area contributed by atoms with E-state index >= 15 is 0 Å². The van der Waals surface area contributed by atoms with Gasteiger partial charge in [0.15, 0.2) is 0 Å². The van der Waals surface area contributed by atoms with Crippen LogP contribution in [-0.4, -0.2) is 12.1 Å². The molecule has 2 atom stereocenters. The Labute approximate surface area is 127 Å². The van der Waals surface area contributed by atoms with Crippen molar-refractivity contribution in [3.63, 3.8) is 0 Å². The molecule has 1 N–H and O–H groups in total. The Balaban J connectivity index is 1.94. The van der Waals surface area contributed by atoms with E-state index in [1.165, 1.54) is 83.5 Å². The van der Waals surface area contributed by atoms with Gasteiger partial charge in [-0.3, -0.25) is 0 Å². The van der Waals surface area contributed by atoms with Crippen LogP contribution in [0.5, 0.6) is 0 Å². The quantitative estimate of drug-likeness (QED) is 0.341. The predicted octanol–water partition coefficient (Wildman–Crippen LogP) is 5.99. The summed E-state index contributed by atoms with van der Waals surface area (Å²) >= 11 is 0. The summed E-state index contributed by atoms with van der Waals surface area (Å²) in [5, 5.41) is 3.79. The first-order valence-corrected chi connectivity index (χ1v) is 9.29. The molecule has 1 nitrogen and oxygen atoms in total. The van der Waals surface area contributed by atoms with Gasteiger partial charge in [0, 0.05) is 12.1 Å². The lowest BCUT2D eigenvalue weighted by Gasteiger charge is -2.11. The molecule has 0 aromatic carbocycles. The van der Waals surface area contributed by atoms with E-state index < -0.39 is 0 Å². The fourth-order valence-corrected chi connectivity index (χ4v) is 3.16. The molecular formula is C19H37N. The van der Waals surface area contributed by atoms with Crippen molar-refractivity contribution in [1.29, 1.82) is 0 Å². The van der Waals surface area contributed by atoms with Crippen LogP contribution in [0.1, 0.15) is 97.3 Å². The Morgan fingerprint density at radius 3 is 2.30 bits per heavy atom. The number of hydrogen-bond donors (Lipinski definition) is 1. The summed E-state index contributed by atoms with van der Waals surface area (Å²) in [5.41, 5.74) is 0. The Morgan fingerprint density at radius 2 is 1.55 bits per heavy atom. The summed E-state index contributed by atoms with van der Waals surface area (Å²) < 4.78 is 0. The molecule has 1 fully saturated rings. The zero-order chi connectivity index (χ0) is 14.5. The molecule has 1 saturated heterocycles. The molecule has 0 aromatic rings. The van der Waals surface area contributed by atoms with Gasteiger partial charge in [-0.1, -0.05) is 83.8 Å². The molecule has 0 radical (unpaired) electrons. The fraction of sp³-hybridized carbons (Fsp3) is 0.895. The van der Waals surface area contributed by atoms with Crippen molar-refractivity contribution < 1.29 is 0 Å². The number of unbranched alkanes of at least 4 members (excludes halogenated alkanes) is 8. The average molecular weight is 280 g/mol. The normalized spacial score (nSPS) is 22.9. The molecule has 118 valence electrons. The summed E-state index contributed by atoms with van der Waals surface area (Å²) in [5.74, 6) is 0. The molecule has 0 aromatic heterocycles. The highest BCUT2D eigenvalue weighted by atomic mass is 15.0. The van der Waals surface area contributed by atoms with Gasteiger partial charge in [-0.05, 0) is 25.7 Å². The van der Waals surface area contributed by atoms with Crippen LogP contribution in [-0.2, 0) is 0 Å². The highest BCUT2D eigenvalue weighted by Gasteiger charge is 2.20. The van der Waals surface area contributed by atoms with Crippen LogP contribution in [0.25, 0.3) is 0 Å². The first kappa shape index (κ1) is 17.8. The topological polar surface area (TPSA) is 12.0 Å². The van der Waals surface area contributed by atoms with Crippen LogP contribution in [0, 0.1) is 0 Å². The highest BCUT2D eigenvalue weighted by Crippen LogP contribution is 2.19. The van der Waals surface area contributed by atoms with Gasteiger partial charge in [-0.25, -0.2) is 0 Å². The van der Waals surface area contributed by atoms with Crippen molar-refractivity contribution in [2.24, 2.45) is 0 Å². The summed E-state index contributed by atoms with van der Waals surface area (Å²) in [6.07, 6.45) is 22.9. The van der Waals surface area contributed by atoms with Crippen LogP contribution < -0.4 is 5.32 Å². The van der Waals surface area contributed by atoms with Crippen molar-refractivity contribution >= 4 is 0 Å². The van der Waals surface area contributed by atoms with E-state index in [-0.39, 0.29) is 0 Å². The number of nitrogens with one attached hydrogen (secondary N) is 1. The zero-order valence-electron chi connectivity index (χ0n) is 14.0. The van der Waals surface area contributed by atoms with E-state index in [9.17, 15) is 0 Å². The molecule has 2 unspecified atom stereocenters. The summed E-state index contributed by atoms with van der Waals surface area (Å²) in [6, 6.07) is 1.47. The number of hydrogen-bond acceptors (Lipinski definition) is 1. The second-order valence-corrected chi connectivity index (χ2v) is 6.53. The highest BCUT2D eigenvalue weighted by molar-refractivity contribution is 4.98. The maximum atomic E-state index is 3.79. The van der Waals surface area contributed by atoms with Crippen LogP contribution in [0.2, 0.25) is 0 Å². The third-order valence-electron chi connectivity index (χ3n) is 4.52. The fourth-order valence-electron chi connectivity index (χ4n) is 3.16. The molecule has 0 bridgehead atoms. The van der Waals surface area contributed by atoms with Gasteiger partial charge in [-0.2, -0.15) is 0 Å². The second-order valence-electron chi connectivity index (χ2n) is 6.53. The van der Waals surface area contributed by atoms with Crippen molar-refractivity contribution in [2.75, 3.05) is 0 Å². The van der Waals surface area contributed by atoms with Crippen LogP contribution >= 0.6 is 0 Å². The SMILES string of the molecule is CCCCC=CC1CCC(CCCCCCCCC)N1. The molecule has 1 heteroatoms. The third kappa shape index (κ3) is 8.79. The van der Waals surface area contributed by atoms with Gasteiger partial charge in [0.05, 0.1) is 0 Å². The summed E-state index contributed by atoms with van der Waals surface area (Å²) in [4.78, 5) is 0. The Kier molecular flexibility index (Phi) is 11.0. The van der Waals surface area contributed by atoms with E-state index in [0.717, 1.165) is 6.04 Å². The van der Waals surface area contributed by atoms with Crippen molar-refractivity contribution in [3.05, 3.63) is 12.2 Å². The van der Waals surface area contributed by atoms with Gasteiger partial charge < -0.3 is 5.32 Å². The maximum Gasteiger partial charge on any atom is 0.0253 e. The van der Waals surface area contributed by atoms with Crippen LogP contribution in [0.3, 0.4) is 0 Å². The molecule has 0 spiro atoms. The molecule has 1 aliphatic rings. The molecule has 20 heavy (non-hydrogen) atoms. The van der Waals surface area contributed by atoms with E-state index in [1.807, 2.05) is 0 Å². The van der Waals surface area contributed by atoms with Gasteiger partial charge in [0.1, 0.15) is 0 Å². The molecule has 0 aliphatic carbocycles. The smallest absolute Gasteiger partial charge is 0.0253 e. The van der Waals surface area contributed by atoms with Crippen LogP contribution in [0.15, 0.2) is 12.2 Å². The lowest BCUT2D eigenvalue weighted by molar-refractivity contribution is 0.493. The molecule has 1 aliphatic heterocycles. The average Bonchev–Trinajstić information content (AvgIpc) is 2.90. The molecule has 1 heterocycles. The molecular weight excluding hydrogens is 242 g/mol. The minimum absolute atomic E-state index is 0.668. The van der Waals surface area contributed by atoms with Gasteiger partial charge in [-0.15, -0.1) is 0 Å². The van der Waals surface area contributed by atoms with Gasteiger partial charge in [0.25, 0.3) is 0 Å². The first-order valence-electron chi connectivity index (χ1n) is 9.29. The maximum absolute atomic E-state index is 3.79. The number of rotatable bonds is 12. The summed E-state index contributed by atoms with van der Waals surface area (Å²) in [7, 11) is 0. The minimum atomic E-state index is 0.668. The second kappa shape index (κ2) is 12.4. The van der Waals surface area contributed by atoms with E-state index in [2.05, 4.69) is 31.3 Å². The third-order valence-corrected chi connectivity index (χ3v) is 4.52. The van der Waals surface area contributed by atoms with Gasteiger partial charge >= 0.3 is 0 Å². The Morgan fingerprint density at radius 1 is 0.850 bits per heavy atom. The Bertz CT molecular complexity index is 234. The van der Waals surface area contributed by atoms with E-state index in [4.69, 9.17) is 0 Å². The minimum Gasteiger partial charge on any atom is -0.308 e. The summed E-state index contributed by atoms with van der Waals surface area (Å²) in [6.45, 7) is 4.55. The molecule has 1 rings (SSSR count). The lowest BCUT2D eigenvalue weighted by atomic mass is 10.0. The standard InChI is InChI=1S/C19H37N/c1-3-5-7-9-10-11-13-15-19-17-16-18(20-19)14-12-8-6-4-2/h12,14,18-20H,3-11,13,15-17H2,1-2H3. The predicted molar refractivity (Wildman–Crippen MR) is 91.2 cm³/mol. The number of allylic oxidation sites excluding steroid dienone is 1. The zero-order valence-corrected chi connectivity index (χ0v) is 14.0. The monoisotopic (exact) mass is 279 g/mol. The van der Waals surface area contributed by atoms with E-state index in [0.29, 0.717) is 6.04 Å². The molecule has 0 saturated carbocycles. The van der Waals surface area contributed by atoms with E-state index in [1.54, 1.807) is 0 Å². The molecule has 0 amide bonds. The largest absolute Gasteiger partial charge is 0.308 e. The van der Waals surface area contributed by atoms with Crippen molar-refractivity contribution in [2.45, 2.75) is 109 Å². The van der Waals surface area contributed by atoms with Crippen molar-refractivity contribution in [1.82, 2.24) is 5.32 Å². The first-order chi connectivity index (χ1) is 9.86. The van der Waals surface area contributed by atoms with Crippen molar-refractivity contribution in [3.8, 4) is 0 Å².